The van der Waals surface area contributed by atoms with E-state index in [2.05, 4.69) is 19.2 Å². The second kappa shape index (κ2) is 5.38. The minimum atomic E-state index is -3.86. The molecule has 0 bridgehead atoms. The molecule has 1 aliphatic rings. The van der Waals surface area contributed by atoms with Gasteiger partial charge in [-0.2, -0.15) is 0 Å². The van der Waals surface area contributed by atoms with Gasteiger partial charge in [0.15, 0.2) is 9.84 Å². The van der Waals surface area contributed by atoms with Crippen molar-refractivity contribution in [2.45, 2.75) is 34.7 Å². The number of nitrogens with two attached hydrogens (primary N) is 2. The molecule has 4 N–H and O–H groups in total. The van der Waals surface area contributed by atoms with Crippen LogP contribution in [0.25, 0.3) is 0 Å². The summed E-state index contributed by atoms with van der Waals surface area (Å²) < 4.78 is 47.0. The van der Waals surface area contributed by atoms with E-state index in [0.717, 1.165) is 17.9 Å². The van der Waals surface area contributed by atoms with Gasteiger partial charge in [-0.1, -0.05) is 13.8 Å². The molecule has 0 aliphatic carbocycles. The number of hydrogen-bond acceptors (Lipinski definition) is 5. The van der Waals surface area contributed by atoms with E-state index in [-0.39, 0.29) is 20.2 Å². The molecule has 114 valence electrons. The van der Waals surface area contributed by atoms with E-state index in [1.54, 1.807) is 0 Å². The highest BCUT2D eigenvalue weighted by molar-refractivity contribution is 7.95. The molecule has 1 aromatic heterocycles. The average Bonchev–Trinajstić information content (AvgIpc) is 2.73. The summed E-state index contributed by atoms with van der Waals surface area (Å²) in [6, 6.07) is 1.41. The van der Waals surface area contributed by atoms with E-state index in [4.69, 9.17) is 5.14 Å². The first-order valence-corrected chi connectivity index (χ1v) is 10.4. The summed E-state index contributed by atoms with van der Waals surface area (Å²) in [4.78, 5) is 0. The summed E-state index contributed by atoms with van der Waals surface area (Å²) in [7, 11) is -7.24. The third-order valence-corrected chi connectivity index (χ3v) is 8.21. The van der Waals surface area contributed by atoms with Gasteiger partial charge in [0.25, 0.3) is 0 Å². The Bertz CT molecular complexity index is 704. The van der Waals surface area contributed by atoms with Crippen molar-refractivity contribution in [1.29, 1.82) is 0 Å². The highest BCUT2D eigenvalue weighted by atomic mass is 32.3. The summed E-state index contributed by atoms with van der Waals surface area (Å²) in [5.74, 6) is 0.539. The van der Waals surface area contributed by atoms with Gasteiger partial charge < -0.3 is 5.32 Å². The number of quaternary nitrogens is 1. The number of rotatable bonds is 4. The van der Waals surface area contributed by atoms with Gasteiger partial charge in [0.1, 0.15) is 14.5 Å². The van der Waals surface area contributed by atoms with Gasteiger partial charge >= 0.3 is 0 Å². The number of primary sulfonamides is 1. The van der Waals surface area contributed by atoms with E-state index < -0.39 is 19.9 Å². The molecule has 2 heterocycles. The number of sulfonamides is 1. The fourth-order valence-electron chi connectivity index (χ4n) is 2.22. The van der Waals surface area contributed by atoms with Gasteiger partial charge in [-0.15, -0.1) is 11.3 Å². The maximum atomic E-state index is 12.1. The van der Waals surface area contributed by atoms with E-state index in [1.807, 2.05) is 0 Å². The molecule has 9 heteroatoms. The highest BCUT2D eigenvalue weighted by Crippen LogP contribution is 2.38. The Morgan fingerprint density at radius 3 is 2.70 bits per heavy atom. The smallest absolute Gasteiger partial charge is 0.247 e. The Labute approximate surface area is 123 Å². The van der Waals surface area contributed by atoms with Crippen LogP contribution >= 0.6 is 11.3 Å². The zero-order valence-electron chi connectivity index (χ0n) is 11.4. The van der Waals surface area contributed by atoms with E-state index in [0.29, 0.717) is 17.9 Å². The second-order valence-corrected chi connectivity index (χ2v) is 10.6. The van der Waals surface area contributed by atoms with Crippen LogP contribution in [0.1, 0.15) is 31.9 Å². The van der Waals surface area contributed by atoms with Crippen molar-refractivity contribution in [3.05, 3.63) is 11.6 Å². The molecule has 1 atom stereocenters. The first-order chi connectivity index (χ1) is 9.11. The van der Waals surface area contributed by atoms with Gasteiger partial charge in [-0.3, -0.25) is 0 Å². The molecule has 0 saturated carbocycles. The first kappa shape index (κ1) is 15.9. The van der Waals surface area contributed by atoms with Crippen LogP contribution in [0.15, 0.2) is 14.5 Å². The lowest BCUT2D eigenvalue weighted by Gasteiger charge is -2.21. The molecular weight excluding hydrogens is 320 g/mol. The maximum Gasteiger partial charge on any atom is 0.247 e. The van der Waals surface area contributed by atoms with Crippen molar-refractivity contribution in [2.24, 2.45) is 11.1 Å². The van der Waals surface area contributed by atoms with Gasteiger partial charge in [0, 0.05) is 17.9 Å². The lowest BCUT2D eigenvalue weighted by Crippen LogP contribution is -2.86. The van der Waals surface area contributed by atoms with Crippen LogP contribution in [0, 0.1) is 5.92 Å². The van der Waals surface area contributed by atoms with Gasteiger partial charge in [-0.25, -0.2) is 22.0 Å². The topological polar surface area (TPSA) is 111 Å². The van der Waals surface area contributed by atoms with Crippen molar-refractivity contribution in [3.8, 4) is 0 Å². The zero-order valence-corrected chi connectivity index (χ0v) is 13.8. The molecule has 0 amide bonds. The number of fused-ring (bicyclic) bond motifs is 1. The fraction of sp³-hybridized carbons (Fsp3) is 0.636. The molecule has 0 saturated heterocycles. The number of sulfone groups is 1. The Balaban J connectivity index is 2.44. The summed E-state index contributed by atoms with van der Waals surface area (Å²) in [5, 5.41) is 7.18. The van der Waals surface area contributed by atoms with Gasteiger partial charge in [0.05, 0.1) is 12.3 Å². The largest absolute Gasteiger partial charge is 0.340 e. The minimum absolute atomic E-state index is 0.0114. The Morgan fingerprint density at radius 1 is 1.50 bits per heavy atom. The predicted octanol–water partition coefficient (Wildman–Crippen LogP) is -0.167. The van der Waals surface area contributed by atoms with E-state index in [1.165, 1.54) is 6.07 Å². The molecule has 20 heavy (non-hydrogen) atoms. The first-order valence-electron chi connectivity index (χ1n) is 6.34. The Morgan fingerprint density at radius 2 is 2.15 bits per heavy atom. The molecular formula is C11H19N2O4S3+. The van der Waals surface area contributed by atoms with Crippen LogP contribution in [0.5, 0.6) is 0 Å². The molecule has 0 aromatic carbocycles. The number of thiophene rings is 1. The lowest BCUT2D eigenvalue weighted by molar-refractivity contribution is -0.701. The van der Waals surface area contributed by atoms with Gasteiger partial charge in [0.2, 0.25) is 10.0 Å². The van der Waals surface area contributed by atoms with Crippen LogP contribution in [0.4, 0.5) is 0 Å². The predicted molar refractivity (Wildman–Crippen MR) is 76.7 cm³/mol. The van der Waals surface area contributed by atoms with Crippen LogP contribution in [0.2, 0.25) is 0 Å². The van der Waals surface area contributed by atoms with Crippen molar-refractivity contribution in [2.75, 3.05) is 12.3 Å². The highest BCUT2D eigenvalue weighted by Gasteiger charge is 2.36. The third-order valence-electron chi connectivity index (χ3n) is 3.25. The van der Waals surface area contributed by atoms with Crippen molar-refractivity contribution < 1.29 is 22.2 Å². The molecule has 0 fully saturated rings. The number of hydrogen-bond donors (Lipinski definition) is 2. The summed E-state index contributed by atoms with van der Waals surface area (Å²) in [6.45, 7) is 5.03. The maximum absolute atomic E-state index is 12.1. The molecule has 2 rings (SSSR count). The Hall–Kier alpha value is -0.480. The van der Waals surface area contributed by atoms with Crippen molar-refractivity contribution >= 4 is 31.2 Å². The minimum Gasteiger partial charge on any atom is -0.340 e. The lowest BCUT2D eigenvalue weighted by atomic mass is 10.1. The van der Waals surface area contributed by atoms with Crippen LogP contribution in [-0.2, 0) is 19.9 Å². The molecule has 0 radical (unpaired) electrons. The van der Waals surface area contributed by atoms with Crippen LogP contribution in [-0.4, -0.2) is 29.1 Å². The molecule has 1 unspecified atom stereocenters. The molecule has 0 spiro atoms. The van der Waals surface area contributed by atoms with E-state index in [9.17, 15) is 16.8 Å². The molecule has 6 nitrogen and oxygen atoms in total. The fourth-order valence-corrected chi connectivity index (χ4v) is 6.43. The van der Waals surface area contributed by atoms with Crippen molar-refractivity contribution in [1.82, 2.24) is 0 Å². The third kappa shape index (κ3) is 3.22. The molecule has 1 aliphatic heterocycles. The average molecular weight is 339 g/mol. The zero-order chi connectivity index (χ0) is 15.1. The standard InChI is InChI=1S/C11H18N2O4S3/c1-7(2)6-13-9-3-4-19(14,15)11-8(9)5-10(18-11)20(12,16)17/h5,7,9,13H,3-4,6H2,1-2H3,(H2,12,16,17)/p+1. The second-order valence-electron chi connectivity index (χ2n) is 5.43. The van der Waals surface area contributed by atoms with E-state index >= 15 is 0 Å². The normalized spacial score (nSPS) is 21.9. The van der Waals surface area contributed by atoms with Gasteiger partial charge in [-0.05, 0) is 6.07 Å². The van der Waals surface area contributed by atoms with Crippen molar-refractivity contribution in [3.63, 3.8) is 0 Å². The summed E-state index contributed by atoms with van der Waals surface area (Å²) in [6.07, 6.45) is 0.503. The SMILES string of the molecule is CC(C)C[NH2+]C1CCS(=O)(=O)c2sc(S(N)(=O)=O)cc21. The molecule has 1 aromatic rings. The summed E-state index contributed by atoms with van der Waals surface area (Å²) in [5.41, 5.74) is 0.589. The Kier molecular flexibility index (Phi) is 4.27. The summed E-state index contributed by atoms with van der Waals surface area (Å²) >= 11 is 0.766. The van der Waals surface area contributed by atoms with Crippen LogP contribution < -0.4 is 10.5 Å². The quantitative estimate of drug-likeness (QED) is 0.793. The van der Waals surface area contributed by atoms with Crippen LogP contribution in [0.3, 0.4) is 0 Å². The monoisotopic (exact) mass is 339 g/mol.